The minimum absolute atomic E-state index is 0.684. The van der Waals surface area contributed by atoms with Gasteiger partial charge in [0.25, 0.3) is 0 Å². The van der Waals surface area contributed by atoms with E-state index in [0.717, 1.165) is 38.0 Å². The maximum atomic E-state index is 5.46. The largest absolute Gasteiger partial charge is 0.330 e. The maximum absolute atomic E-state index is 5.46. The molecule has 0 saturated heterocycles. The molecule has 0 aliphatic heterocycles. The van der Waals surface area contributed by atoms with Gasteiger partial charge in [0.1, 0.15) is 0 Å². The Labute approximate surface area is 98.2 Å². The molecule has 2 N–H and O–H groups in total. The highest BCUT2D eigenvalue weighted by Gasteiger charge is 2.05. The molecular formula is C12H24N4. The van der Waals surface area contributed by atoms with Gasteiger partial charge in [0.2, 0.25) is 0 Å². The van der Waals surface area contributed by atoms with Gasteiger partial charge < -0.3 is 5.73 Å². The van der Waals surface area contributed by atoms with Gasteiger partial charge in [0.15, 0.2) is 0 Å². The lowest BCUT2D eigenvalue weighted by molar-refractivity contribution is 0.414. The standard InChI is InChI=1S/C12H24N4/c1-3-6-11(2)9-16-10-12(14-15-16)7-4-5-8-13/h10-11H,3-9,13H2,1-2H3. The predicted molar refractivity (Wildman–Crippen MR) is 66.1 cm³/mol. The molecule has 0 aliphatic carbocycles. The van der Waals surface area contributed by atoms with Gasteiger partial charge in [-0.05, 0) is 38.1 Å². The van der Waals surface area contributed by atoms with E-state index in [1.807, 2.05) is 4.68 Å². The molecule has 0 spiro atoms. The number of hydrogen-bond donors (Lipinski definition) is 1. The van der Waals surface area contributed by atoms with Gasteiger partial charge >= 0.3 is 0 Å². The van der Waals surface area contributed by atoms with Crippen LogP contribution in [-0.4, -0.2) is 21.5 Å². The predicted octanol–water partition coefficient (Wildman–Crippen LogP) is 2.00. The first-order valence-electron chi connectivity index (χ1n) is 6.35. The first-order chi connectivity index (χ1) is 7.76. The summed E-state index contributed by atoms with van der Waals surface area (Å²) in [6.45, 7) is 6.23. The summed E-state index contributed by atoms with van der Waals surface area (Å²) in [6, 6.07) is 0. The van der Waals surface area contributed by atoms with E-state index in [1.165, 1.54) is 12.8 Å². The van der Waals surface area contributed by atoms with E-state index in [-0.39, 0.29) is 0 Å². The Hall–Kier alpha value is -0.900. The summed E-state index contributed by atoms with van der Waals surface area (Å²) >= 11 is 0. The normalized spacial score (nSPS) is 12.9. The zero-order valence-electron chi connectivity index (χ0n) is 10.5. The molecule has 4 nitrogen and oxygen atoms in total. The fraction of sp³-hybridized carbons (Fsp3) is 0.833. The molecule has 0 radical (unpaired) electrons. The van der Waals surface area contributed by atoms with Crippen molar-refractivity contribution in [2.24, 2.45) is 11.7 Å². The van der Waals surface area contributed by atoms with Gasteiger partial charge in [-0.15, -0.1) is 5.10 Å². The molecule has 1 rings (SSSR count). The quantitative estimate of drug-likeness (QED) is 0.687. The fourth-order valence-corrected chi connectivity index (χ4v) is 1.90. The average Bonchev–Trinajstić information content (AvgIpc) is 2.66. The van der Waals surface area contributed by atoms with Crippen molar-refractivity contribution < 1.29 is 0 Å². The Morgan fingerprint density at radius 3 is 2.94 bits per heavy atom. The van der Waals surface area contributed by atoms with Gasteiger partial charge in [0, 0.05) is 12.7 Å². The second-order valence-electron chi connectivity index (χ2n) is 4.57. The Morgan fingerprint density at radius 2 is 2.25 bits per heavy atom. The molecule has 0 fully saturated rings. The highest BCUT2D eigenvalue weighted by atomic mass is 15.4. The molecule has 1 unspecified atom stereocenters. The molecule has 1 atom stereocenters. The number of aromatic nitrogens is 3. The highest BCUT2D eigenvalue weighted by molar-refractivity contribution is 4.92. The second kappa shape index (κ2) is 7.39. The van der Waals surface area contributed by atoms with Crippen molar-refractivity contribution in [3.63, 3.8) is 0 Å². The van der Waals surface area contributed by atoms with Crippen molar-refractivity contribution in [2.45, 2.75) is 52.5 Å². The molecule has 4 heteroatoms. The topological polar surface area (TPSA) is 56.7 Å². The van der Waals surface area contributed by atoms with Crippen molar-refractivity contribution in [3.8, 4) is 0 Å². The molecule has 1 heterocycles. The minimum Gasteiger partial charge on any atom is -0.330 e. The smallest absolute Gasteiger partial charge is 0.0827 e. The zero-order chi connectivity index (χ0) is 11.8. The fourth-order valence-electron chi connectivity index (χ4n) is 1.90. The van der Waals surface area contributed by atoms with E-state index in [0.29, 0.717) is 5.92 Å². The Bertz CT molecular complexity index is 282. The monoisotopic (exact) mass is 224 g/mol. The van der Waals surface area contributed by atoms with E-state index in [4.69, 9.17) is 5.73 Å². The van der Waals surface area contributed by atoms with Crippen LogP contribution in [0.3, 0.4) is 0 Å². The van der Waals surface area contributed by atoms with Crippen molar-refractivity contribution in [3.05, 3.63) is 11.9 Å². The van der Waals surface area contributed by atoms with Crippen LogP contribution in [-0.2, 0) is 13.0 Å². The molecule has 0 bridgehead atoms. The van der Waals surface area contributed by atoms with E-state index in [2.05, 4.69) is 30.4 Å². The summed E-state index contributed by atoms with van der Waals surface area (Å²) < 4.78 is 1.97. The average molecular weight is 224 g/mol. The summed E-state index contributed by atoms with van der Waals surface area (Å²) in [5.41, 5.74) is 6.55. The Kier molecular flexibility index (Phi) is 6.08. The van der Waals surface area contributed by atoms with Gasteiger partial charge in [-0.2, -0.15) is 0 Å². The third kappa shape index (κ3) is 4.75. The second-order valence-corrected chi connectivity index (χ2v) is 4.57. The van der Waals surface area contributed by atoms with Crippen LogP contribution in [0.15, 0.2) is 6.20 Å². The summed E-state index contributed by atoms with van der Waals surface area (Å²) in [5.74, 6) is 0.684. The molecular weight excluding hydrogens is 200 g/mol. The van der Waals surface area contributed by atoms with Gasteiger partial charge in [0.05, 0.1) is 5.69 Å². The lowest BCUT2D eigenvalue weighted by Gasteiger charge is -2.08. The van der Waals surface area contributed by atoms with Crippen molar-refractivity contribution in [2.75, 3.05) is 6.54 Å². The molecule has 1 aromatic rings. The lowest BCUT2D eigenvalue weighted by Crippen LogP contribution is -2.07. The summed E-state index contributed by atoms with van der Waals surface area (Å²) in [4.78, 5) is 0. The lowest BCUT2D eigenvalue weighted by atomic mass is 10.1. The first-order valence-corrected chi connectivity index (χ1v) is 6.35. The van der Waals surface area contributed by atoms with Crippen molar-refractivity contribution in [1.29, 1.82) is 0 Å². The van der Waals surface area contributed by atoms with Crippen LogP contribution < -0.4 is 5.73 Å². The first kappa shape index (κ1) is 13.2. The van der Waals surface area contributed by atoms with E-state index in [1.54, 1.807) is 0 Å². The molecule has 0 saturated carbocycles. The molecule has 16 heavy (non-hydrogen) atoms. The number of hydrogen-bond acceptors (Lipinski definition) is 3. The third-order valence-electron chi connectivity index (χ3n) is 2.75. The van der Waals surface area contributed by atoms with Gasteiger partial charge in [-0.25, -0.2) is 0 Å². The number of rotatable bonds is 8. The maximum Gasteiger partial charge on any atom is 0.0827 e. The van der Waals surface area contributed by atoms with Crippen molar-refractivity contribution in [1.82, 2.24) is 15.0 Å². The Morgan fingerprint density at radius 1 is 1.44 bits per heavy atom. The molecule has 0 amide bonds. The molecule has 92 valence electrons. The molecule has 0 aromatic carbocycles. The number of nitrogens with two attached hydrogens (primary N) is 1. The summed E-state index contributed by atoms with van der Waals surface area (Å²) in [6.07, 6.45) is 7.74. The van der Waals surface area contributed by atoms with Gasteiger partial charge in [-0.3, -0.25) is 4.68 Å². The van der Waals surface area contributed by atoms with E-state index >= 15 is 0 Å². The van der Waals surface area contributed by atoms with Crippen LogP contribution in [0.4, 0.5) is 0 Å². The summed E-state index contributed by atoms with van der Waals surface area (Å²) in [7, 11) is 0. The number of unbranched alkanes of at least 4 members (excludes halogenated alkanes) is 1. The molecule has 1 aromatic heterocycles. The zero-order valence-corrected chi connectivity index (χ0v) is 10.5. The van der Waals surface area contributed by atoms with Crippen LogP contribution in [0.5, 0.6) is 0 Å². The highest BCUT2D eigenvalue weighted by Crippen LogP contribution is 2.08. The van der Waals surface area contributed by atoms with Crippen molar-refractivity contribution >= 4 is 0 Å². The van der Waals surface area contributed by atoms with Crippen LogP contribution in [0.1, 0.15) is 45.2 Å². The molecule has 0 aliphatic rings. The Balaban J connectivity index is 2.33. The van der Waals surface area contributed by atoms with E-state index in [9.17, 15) is 0 Å². The number of nitrogens with zero attached hydrogens (tertiary/aromatic N) is 3. The van der Waals surface area contributed by atoms with Crippen LogP contribution >= 0.6 is 0 Å². The third-order valence-corrected chi connectivity index (χ3v) is 2.75. The van der Waals surface area contributed by atoms with Crippen LogP contribution in [0.2, 0.25) is 0 Å². The van der Waals surface area contributed by atoms with E-state index < -0.39 is 0 Å². The SMILES string of the molecule is CCCC(C)Cn1cc(CCCCN)nn1. The van der Waals surface area contributed by atoms with Gasteiger partial charge in [-0.1, -0.05) is 25.5 Å². The van der Waals surface area contributed by atoms with Crippen LogP contribution in [0, 0.1) is 5.92 Å². The summed E-state index contributed by atoms with van der Waals surface area (Å²) in [5, 5.41) is 8.33. The minimum atomic E-state index is 0.684. The van der Waals surface area contributed by atoms with Crippen LogP contribution in [0.25, 0.3) is 0 Å². The number of aryl methyl sites for hydroxylation is 1.